The predicted molar refractivity (Wildman–Crippen MR) is 84.1 cm³/mol. The third-order valence-electron chi connectivity index (χ3n) is 4.03. The van der Waals surface area contributed by atoms with Crippen LogP contribution in [0.1, 0.15) is 38.2 Å². The summed E-state index contributed by atoms with van der Waals surface area (Å²) in [6, 6.07) is 8.65. The third kappa shape index (κ3) is 3.99. The van der Waals surface area contributed by atoms with Crippen molar-refractivity contribution in [1.29, 1.82) is 0 Å². The Kier molecular flexibility index (Phi) is 5.45. The van der Waals surface area contributed by atoms with Gasteiger partial charge >= 0.3 is 0 Å². The van der Waals surface area contributed by atoms with Gasteiger partial charge in [0.05, 0.1) is 0 Å². The van der Waals surface area contributed by atoms with Gasteiger partial charge in [-0.05, 0) is 25.5 Å². The number of unbranched alkanes of at least 4 members (excludes halogenated alkanes) is 2. The van der Waals surface area contributed by atoms with Crippen molar-refractivity contribution in [2.45, 2.75) is 39.5 Å². The molecule has 3 nitrogen and oxygen atoms in total. The fourth-order valence-corrected chi connectivity index (χ4v) is 2.65. The van der Waals surface area contributed by atoms with Crippen LogP contribution in [-0.2, 0) is 4.79 Å². The van der Waals surface area contributed by atoms with E-state index in [0.29, 0.717) is 5.91 Å². The summed E-state index contributed by atoms with van der Waals surface area (Å²) in [4.78, 5) is 16.5. The molecule has 0 unspecified atom stereocenters. The number of rotatable bonds is 5. The first-order valence-electron chi connectivity index (χ1n) is 7.80. The van der Waals surface area contributed by atoms with Crippen LogP contribution < -0.4 is 4.90 Å². The summed E-state index contributed by atoms with van der Waals surface area (Å²) in [6.07, 6.45) is 4.09. The highest BCUT2D eigenvalue weighted by Crippen LogP contribution is 2.17. The van der Waals surface area contributed by atoms with Gasteiger partial charge in [-0.2, -0.15) is 0 Å². The molecule has 1 saturated heterocycles. The molecule has 3 heteroatoms. The minimum Gasteiger partial charge on any atom is -0.368 e. The van der Waals surface area contributed by atoms with E-state index in [1.165, 1.54) is 17.7 Å². The van der Waals surface area contributed by atoms with Crippen molar-refractivity contribution in [3.05, 3.63) is 29.8 Å². The highest BCUT2D eigenvalue weighted by atomic mass is 16.2. The number of carbonyl (C=O) groups is 1. The lowest BCUT2D eigenvalue weighted by molar-refractivity contribution is -0.131. The van der Waals surface area contributed by atoms with Crippen molar-refractivity contribution in [2.75, 3.05) is 31.1 Å². The molecule has 0 atom stereocenters. The van der Waals surface area contributed by atoms with E-state index in [2.05, 4.69) is 43.0 Å². The van der Waals surface area contributed by atoms with E-state index >= 15 is 0 Å². The molecule has 0 aromatic heterocycles. The summed E-state index contributed by atoms with van der Waals surface area (Å²) >= 11 is 0. The maximum absolute atomic E-state index is 12.1. The molecule has 0 radical (unpaired) electrons. The molecule has 1 aliphatic rings. The Balaban J connectivity index is 1.80. The predicted octanol–water partition coefficient (Wildman–Crippen LogP) is 3.22. The monoisotopic (exact) mass is 274 g/mol. The van der Waals surface area contributed by atoms with E-state index in [1.807, 2.05) is 4.90 Å². The zero-order valence-corrected chi connectivity index (χ0v) is 12.8. The van der Waals surface area contributed by atoms with Gasteiger partial charge in [-0.25, -0.2) is 0 Å². The van der Waals surface area contributed by atoms with Crippen LogP contribution in [0.3, 0.4) is 0 Å². The summed E-state index contributed by atoms with van der Waals surface area (Å²) in [7, 11) is 0. The Morgan fingerprint density at radius 3 is 2.30 bits per heavy atom. The van der Waals surface area contributed by atoms with Gasteiger partial charge < -0.3 is 9.80 Å². The van der Waals surface area contributed by atoms with Crippen molar-refractivity contribution in [3.8, 4) is 0 Å². The molecule has 20 heavy (non-hydrogen) atoms. The highest BCUT2D eigenvalue weighted by Gasteiger charge is 2.20. The van der Waals surface area contributed by atoms with Crippen molar-refractivity contribution in [3.63, 3.8) is 0 Å². The van der Waals surface area contributed by atoms with Crippen LogP contribution in [0, 0.1) is 6.92 Å². The molecule has 1 amide bonds. The Bertz CT molecular complexity index is 419. The molecule has 0 bridgehead atoms. The number of carbonyl (C=O) groups excluding carboxylic acids is 1. The molecule has 1 fully saturated rings. The molecule has 1 aliphatic heterocycles. The van der Waals surface area contributed by atoms with Gasteiger partial charge in [0.1, 0.15) is 0 Å². The number of nitrogens with zero attached hydrogens (tertiary/aromatic N) is 2. The average Bonchev–Trinajstić information content (AvgIpc) is 2.48. The Morgan fingerprint density at radius 2 is 1.70 bits per heavy atom. The molecular weight excluding hydrogens is 248 g/mol. The summed E-state index contributed by atoms with van der Waals surface area (Å²) in [6.45, 7) is 7.89. The first-order valence-corrected chi connectivity index (χ1v) is 7.80. The number of amides is 1. The van der Waals surface area contributed by atoms with Gasteiger partial charge in [0.2, 0.25) is 5.91 Å². The van der Waals surface area contributed by atoms with Crippen molar-refractivity contribution >= 4 is 11.6 Å². The second-order valence-corrected chi connectivity index (χ2v) is 5.66. The molecule has 2 rings (SSSR count). The SMILES string of the molecule is CCCCCC(=O)N1CCN(c2ccc(C)cc2)CC1. The second-order valence-electron chi connectivity index (χ2n) is 5.66. The van der Waals surface area contributed by atoms with E-state index in [-0.39, 0.29) is 0 Å². The minimum atomic E-state index is 0.335. The fourth-order valence-electron chi connectivity index (χ4n) is 2.65. The molecule has 0 spiro atoms. The van der Waals surface area contributed by atoms with Crippen LogP contribution in [0.5, 0.6) is 0 Å². The first kappa shape index (κ1) is 14.9. The Hall–Kier alpha value is -1.51. The zero-order chi connectivity index (χ0) is 14.4. The average molecular weight is 274 g/mol. The number of benzene rings is 1. The fraction of sp³-hybridized carbons (Fsp3) is 0.588. The lowest BCUT2D eigenvalue weighted by atomic mass is 10.1. The van der Waals surface area contributed by atoms with Crippen LogP contribution in [0.4, 0.5) is 5.69 Å². The molecule has 1 aromatic carbocycles. The number of aryl methyl sites for hydroxylation is 1. The van der Waals surface area contributed by atoms with Gasteiger partial charge in [-0.3, -0.25) is 4.79 Å². The topological polar surface area (TPSA) is 23.6 Å². The maximum atomic E-state index is 12.1. The van der Waals surface area contributed by atoms with Crippen LogP contribution in [0.2, 0.25) is 0 Å². The van der Waals surface area contributed by atoms with E-state index in [4.69, 9.17) is 0 Å². The zero-order valence-electron chi connectivity index (χ0n) is 12.8. The number of piperazine rings is 1. The number of hydrogen-bond donors (Lipinski definition) is 0. The van der Waals surface area contributed by atoms with E-state index in [1.54, 1.807) is 0 Å². The van der Waals surface area contributed by atoms with Gasteiger partial charge in [-0.15, -0.1) is 0 Å². The van der Waals surface area contributed by atoms with Crippen molar-refractivity contribution in [2.24, 2.45) is 0 Å². The Labute approximate surface area is 122 Å². The van der Waals surface area contributed by atoms with Crippen LogP contribution in [0.25, 0.3) is 0 Å². The molecule has 1 heterocycles. The molecule has 0 aliphatic carbocycles. The van der Waals surface area contributed by atoms with Crippen molar-refractivity contribution in [1.82, 2.24) is 4.90 Å². The van der Waals surface area contributed by atoms with Gasteiger partial charge in [-0.1, -0.05) is 37.5 Å². The summed E-state index contributed by atoms with van der Waals surface area (Å²) in [5.74, 6) is 0.335. The van der Waals surface area contributed by atoms with Gasteiger partial charge in [0.15, 0.2) is 0 Å². The second kappa shape index (κ2) is 7.32. The quantitative estimate of drug-likeness (QED) is 0.770. The van der Waals surface area contributed by atoms with E-state index < -0.39 is 0 Å². The lowest BCUT2D eigenvalue weighted by Crippen LogP contribution is -2.48. The van der Waals surface area contributed by atoms with Crippen molar-refractivity contribution < 1.29 is 4.79 Å². The largest absolute Gasteiger partial charge is 0.368 e. The Morgan fingerprint density at radius 1 is 1.05 bits per heavy atom. The van der Waals surface area contributed by atoms with Gasteiger partial charge in [0, 0.05) is 38.3 Å². The van der Waals surface area contributed by atoms with Crippen LogP contribution >= 0.6 is 0 Å². The summed E-state index contributed by atoms with van der Waals surface area (Å²) in [5.41, 5.74) is 2.56. The molecule has 0 N–H and O–H groups in total. The normalized spacial score (nSPS) is 15.5. The lowest BCUT2D eigenvalue weighted by Gasteiger charge is -2.36. The summed E-state index contributed by atoms with van der Waals surface area (Å²) < 4.78 is 0. The smallest absolute Gasteiger partial charge is 0.222 e. The maximum Gasteiger partial charge on any atom is 0.222 e. The van der Waals surface area contributed by atoms with E-state index in [9.17, 15) is 4.79 Å². The third-order valence-corrected chi connectivity index (χ3v) is 4.03. The molecule has 0 saturated carbocycles. The minimum absolute atomic E-state index is 0.335. The molecular formula is C17H26N2O. The van der Waals surface area contributed by atoms with E-state index in [0.717, 1.165) is 45.4 Å². The number of anilines is 1. The molecule has 1 aromatic rings. The summed E-state index contributed by atoms with van der Waals surface area (Å²) in [5, 5.41) is 0. The number of hydrogen-bond acceptors (Lipinski definition) is 2. The molecule has 110 valence electrons. The van der Waals surface area contributed by atoms with Crippen LogP contribution in [0.15, 0.2) is 24.3 Å². The first-order chi connectivity index (χ1) is 9.70. The van der Waals surface area contributed by atoms with Gasteiger partial charge in [0.25, 0.3) is 0 Å². The van der Waals surface area contributed by atoms with Crippen LogP contribution in [-0.4, -0.2) is 37.0 Å². The standard InChI is InChI=1S/C17H26N2O/c1-3-4-5-6-17(20)19-13-11-18(12-14-19)16-9-7-15(2)8-10-16/h7-10H,3-6,11-14H2,1-2H3. The highest BCUT2D eigenvalue weighted by molar-refractivity contribution is 5.76.